The Morgan fingerprint density at radius 1 is 1.32 bits per heavy atom. The van der Waals surface area contributed by atoms with E-state index < -0.39 is 0 Å². The minimum absolute atomic E-state index is 0.0574. The van der Waals surface area contributed by atoms with Crippen molar-refractivity contribution in [3.63, 3.8) is 0 Å². The normalized spacial score (nSPS) is 19.8. The van der Waals surface area contributed by atoms with Crippen LogP contribution in [0.2, 0.25) is 0 Å². The number of halogens is 1. The fourth-order valence-corrected chi connectivity index (χ4v) is 3.20. The number of anilines is 1. The van der Waals surface area contributed by atoms with Crippen LogP contribution in [-0.4, -0.2) is 28.0 Å². The molecule has 5 heteroatoms. The molecule has 19 heavy (non-hydrogen) atoms. The molecule has 3 rings (SSSR count). The van der Waals surface area contributed by atoms with Crippen molar-refractivity contribution in [3.05, 3.63) is 22.7 Å². The van der Waals surface area contributed by atoms with E-state index in [4.69, 9.17) is 11.6 Å². The van der Waals surface area contributed by atoms with Crippen molar-refractivity contribution in [1.29, 1.82) is 0 Å². The molecule has 2 saturated carbocycles. The van der Waals surface area contributed by atoms with Crippen molar-refractivity contribution in [2.75, 3.05) is 17.3 Å². The van der Waals surface area contributed by atoms with Gasteiger partial charge >= 0.3 is 0 Å². The third kappa shape index (κ3) is 2.64. The minimum atomic E-state index is 0.0574. The Morgan fingerprint density at radius 3 is 2.68 bits per heavy atom. The van der Waals surface area contributed by atoms with Gasteiger partial charge in [-0.1, -0.05) is 12.8 Å². The van der Waals surface area contributed by atoms with E-state index in [-0.39, 0.29) is 5.56 Å². The Hall–Kier alpha value is -1.03. The summed E-state index contributed by atoms with van der Waals surface area (Å²) >= 11 is 5.91. The van der Waals surface area contributed by atoms with Crippen LogP contribution in [0, 0.1) is 0 Å². The fourth-order valence-electron chi connectivity index (χ4n) is 3.02. The quantitative estimate of drug-likeness (QED) is 0.779. The predicted octanol–water partition coefficient (Wildman–Crippen LogP) is 2.57. The lowest BCUT2D eigenvalue weighted by Gasteiger charge is -2.29. The van der Waals surface area contributed by atoms with Crippen LogP contribution in [0.5, 0.6) is 0 Å². The Balaban J connectivity index is 1.92. The minimum Gasteiger partial charge on any atom is -0.348 e. The molecule has 4 nitrogen and oxygen atoms in total. The van der Waals surface area contributed by atoms with Crippen LogP contribution in [0.15, 0.2) is 17.2 Å². The predicted molar refractivity (Wildman–Crippen MR) is 77.1 cm³/mol. The molecule has 1 aromatic rings. The zero-order valence-electron chi connectivity index (χ0n) is 11.1. The molecule has 0 radical (unpaired) electrons. The van der Waals surface area contributed by atoms with Gasteiger partial charge in [0.1, 0.15) is 0 Å². The van der Waals surface area contributed by atoms with Crippen molar-refractivity contribution in [3.8, 4) is 0 Å². The van der Waals surface area contributed by atoms with Gasteiger partial charge < -0.3 is 9.47 Å². The Bertz CT molecular complexity index is 492. The van der Waals surface area contributed by atoms with E-state index in [0.717, 1.165) is 25.7 Å². The molecule has 0 saturated heterocycles. The standard InChI is InChI=1S/C14H20ClN3O/c15-7-9-17(11-3-1-2-4-11)13-14(19)18(10-8-16-13)12-5-6-12/h8,10-12H,1-7,9H2. The summed E-state index contributed by atoms with van der Waals surface area (Å²) in [5.74, 6) is 1.14. The van der Waals surface area contributed by atoms with Crippen molar-refractivity contribution in [2.45, 2.75) is 50.6 Å². The average Bonchev–Trinajstić information content (AvgIpc) is 3.12. The zero-order valence-corrected chi connectivity index (χ0v) is 11.9. The van der Waals surface area contributed by atoms with E-state index in [1.807, 2.05) is 10.8 Å². The summed E-state index contributed by atoms with van der Waals surface area (Å²) < 4.78 is 1.85. The molecule has 104 valence electrons. The lowest BCUT2D eigenvalue weighted by molar-refractivity contribution is 0.600. The van der Waals surface area contributed by atoms with Gasteiger partial charge in [0.2, 0.25) is 0 Å². The largest absolute Gasteiger partial charge is 0.348 e. The zero-order chi connectivity index (χ0) is 13.2. The van der Waals surface area contributed by atoms with Gasteiger partial charge in [-0.15, -0.1) is 11.6 Å². The molecule has 2 aliphatic carbocycles. The first-order chi connectivity index (χ1) is 9.31. The molecule has 0 N–H and O–H groups in total. The number of nitrogens with zero attached hydrogens (tertiary/aromatic N) is 3. The topological polar surface area (TPSA) is 38.1 Å². The van der Waals surface area contributed by atoms with E-state index in [2.05, 4.69) is 9.88 Å². The van der Waals surface area contributed by atoms with Gasteiger partial charge in [0.05, 0.1) is 0 Å². The number of alkyl halides is 1. The highest BCUT2D eigenvalue weighted by Crippen LogP contribution is 2.33. The van der Waals surface area contributed by atoms with E-state index in [1.165, 1.54) is 12.8 Å². The molecule has 2 fully saturated rings. The fraction of sp³-hybridized carbons (Fsp3) is 0.714. The van der Waals surface area contributed by atoms with Gasteiger partial charge in [-0.25, -0.2) is 4.98 Å². The van der Waals surface area contributed by atoms with Crippen LogP contribution in [-0.2, 0) is 0 Å². The molecule has 0 aliphatic heterocycles. The summed E-state index contributed by atoms with van der Waals surface area (Å²) in [6.07, 6.45) is 10.6. The van der Waals surface area contributed by atoms with Crippen molar-refractivity contribution in [1.82, 2.24) is 9.55 Å². The first kappa shape index (κ1) is 13.0. The maximum Gasteiger partial charge on any atom is 0.293 e. The molecule has 0 unspecified atom stereocenters. The highest BCUT2D eigenvalue weighted by Gasteiger charge is 2.29. The Morgan fingerprint density at radius 2 is 2.05 bits per heavy atom. The van der Waals surface area contributed by atoms with Gasteiger partial charge in [0, 0.05) is 36.9 Å². The second-order valence-corrected chi connectivity index (χ2v) is 5.89. The lowest BCUT2D eigenvalue weighted by Crippen LogP contribution is -2.40. The van der Waals surface area contributed by atoms with Gasteiger partial charge in [0.15, 0.2) is 5.82 Å². The van der Waals surface area contributed by atoms with Crippen LogP contribution in [0.1, 0.15) is 44.6 Å². The molecule has 0 aromatic carbocycles. The molecule has 0 bridgehead atoms. The molecular weight excluding hydrogens is 262 g/mol. The van der Waals surface area contributed by atoms with Gasteiger partial charge in [-0.05, 0) is 25.7 Å². The summed E-state index contributed by atoms with van der Waals surface area (Å²) in [4.78, 5) is 19.0. The summed E-state index contributed by atoms with van der Waals surface area (Å²) in [7, 11) is 0. The maximum absolute atomic E-state index is 12.5. The summed E-state index contributed by atoms with van der Waals surface area (Å²) in [5, 5.41) is 0. The summed E-state index contributed by atoms with van der Waals surface area (Å²) in [6.45, 7) is 0.711. The van der Waals surface area contributed by atoms with E-state index in [0.29, 0.717) is 30.3 Å². The Kier molecular flexibility index (Phi) is 3.78. The van der Waals surface area contributed by atoms with Crippen LogP contribution >= 0.6 is 11.6 Å². The number of hydrogen-bond acceptors (Lipinski definition) is 3. The molecule has 0 spiro atoms. The second kappa shape index (κ2) is 5.53. The molecule has 1 aromatic heterocycles. The van der Waals surface area contributed by atoms with Crippen molar-refractivity contribution < 1.29 is 0 Å². The van der Waals surface area contributed by atoms with Crippen LogP contribution in [0.3, 0.4) is 0 Å². The molecule has 2 aliphatic rings. The average molecular weight is 282 g/mol. The molecule has 0 amide bonds. The van der Waals surface area contributed by atoms with Crippen LogP contribution < -0.4 is 10.5 Å². The molecular formula is C14H20ClN3O. The molecule has 0 atom stereocenters. The van der Waals surface area contributed by atoms with Gasteiger partial charge in [-0.2, -0.15) is 0 Å². The second-order valence-electron chi connectivity index (χ2n) is 5.52. The van der Waals surface area contributed by atoms with E-state index >= 15 is 0 Å². The van der Waals surface area contributed by atoms with Gasteiger partial charge in [0.25, 0.3) is 5.56 Å². The smallest absolute Gasteiger partial charge is 0.293 e. The summed E-state index contributed by atoms with van der Waals surface area (Å²) in [6, 6.07) is 0.838. The highest BCUT2D eigenvalue weighted by atomic mass is 35.5. The van der Waals surface area contributed by atoms with Crippen molar-refractivity contribution in [2.24, 2.45) is 0 Å². The molecule has 1 heterocycles. The highest BCUT2D eigenvalue weighted by molar-refractivity contribution is 6.18. The first-order valence-electron chi connectivity index (χ1n) is 7.21. The number of aromatic nitrogens is 2. The number of rotatable bonds is 5. The summed E-state index contributed by atoms with van der Waals surface area (Å²) in [5.41, 5.74) is 0.0574. The van der Waals surface area contributed by atoms with E-state index in [9.17, 15) is 4.79 Å². The Labute approximate surface area is 118 Å². The van der Waals surface area contributed by atoms with Crippen molar-refractivity contribution >= 4 is 17.4 Å². The third-order valence-corrected chi connectivity index (χ3v) is 4.32. The van der Waals surface area contributed by atoms with Crippen LogP contribution in [0.25, 0.3) is 0 Å². The van der Waals surface area contributed by atoms with Gasteiger partial charge in [-0.3, -0.25) is 4.79 Å². The maximum atomic E-state index is 12.5. The third-order valence-electron chi connectivity index (χ3n) is 4.15. The van der Waals surface area contributed by atoms with Crippen LogP contribution in [0.4, 0.5) is 5.82 Å². The number of hydrogen-bond donors (Lipinski definition) is 0. The first-order valence-corrected chi connectivity index (χ1v) is 7.74. The van der Waals surface area contributed by atoms with E-state index in [1.54, 1.807) is 6.20 Å². The SMILES string of the molecule is O=c1c(N(CCCl)C2CCCC2)nccn1C1CC1. The monoisotopic (exact) mass is 281 g/mol. The lowest BCUT2D eigenvalue weighted by atomic mass is 10.2.